The zero-order valence-electron chi connectivity index (χ0n) is 11.2. The first-order valence-electron chi connectivity index (χ1n) is 6.86. The molecule has 0 saturated carbocycles. The van der Waals surface area contributed by atoms with Gasteiger partial charge in [-0.05, 0) is 29.9 Å². The Morgan fingerprint density at radius 2 is 2.05 bits per heavy atom. The highest BCUT2D eigenvalue weighted by molar-refractivity contribution is 7.12. The van der Waals surface area contributed by atoms with Crippen LogP contribution in [0.15, 0.2) is 41.8 Å². The second-order valence-corrected chi connectivity index (χ2v) is 5.99. The molecule has 0 aliphatic carbocycles. The maximum Gasteiger partial charge on any atom is 0.264 e. The molecular weight excluding hydrogens is 270 g/mol. The first kappa shape index (κ1) is 13.3. The number of nitrogens with zero attached hydrogens (tertiary/aromatic N) is 1. The van der Waals surface area contributed by atoms with Crippen LogP contribution in [0.5, 0.6) is 0 Å². The molecule has 0 bridgehead atoms. The average molecular weight is 287 g/mol. The van der Waals surface area contributed by atoms with Gasteiger partial charge in [-0.3, -0.25) is 4.79 Å². The summed E-state index contributed by atoms with van der Waals surface area (Å²) in [5.41, 5.74) is 2.05. The summed E-state index contributed by atoms with van der Waals surface area (Å²) in [7, 11) is 0. The fourth-order valence-corrected chi connectivity index (χ4v) is 3.49. The van der Waals surface area contributed by atoms with E-state index in [2.05, 4.69) is 0 Å². The largest absolute Gasteiger partial charge is 0.391 e. The number of aliphatic hydroxyl groups excluding tert-OH is 1. The maximum atomic E-state index is 12.6. The van der Waals surface area contributed by atoms with Crippen molar-refractivity contribution < 1.29 is 9.90 Å². The molecule has 1 aliphatic heterocycles. The SMILES string of the molecule is O=C(c1sccc1-c1ccccc1)N1CCCC(O)C1. The summed E-state index contributed by atoms with van der Waals surface area (Å²) in [5.74, 6) is 0.0394. The van der Waals surface area contributed by atoms with Gasteiger partial charge in [0.25, 0.3) is 5.91 Å². The average Bonchev–Trinajstić information content (AvgIpc) is 2.97. The molecule has 1 aromatic carbocycles. The Kier molecular flexibility index (Phi) is 3.85. The molecule has 1 aromatic heterocycles. The van der Waals surface area contributed by atoms with E-state index in [9.17, 15) is 9.90 Å². The summed E-state index contributed by atoms with van der Waals surface area (Å²) in [4.78, 5) is 15.2. The number of rotatable bonds is 2. The number of hydrogen-bond acceptors (Lipinski definition) is 3. The highest BCUT2D eigenvalue weighted by Crippen LogP contribution is 2.30. The van der Waals surface area contributed by atoms with E-state index >= 15 is 0 Å². The Morgan fingerprint density at radius 3 is 2.80 bits per heavy atom. The maximum absolute atomic E-state index is 12.6. The van der Waals surface area contributed by atoms with Crippen LogP contribution in [0.1, 0.15) is 22.5 Å². The number of likely N-dealkylation sites (tertiary alicyclic amines) is 1. The highest BCUT2D eigenvalue weighted by atomic mass is 32.1. The smallest absolute Gasteiger partial charge is 0.264 e. The molecule has 1 aliphatic rings. The standard InChI is InChI=1S/C16H17NO2S/c18-13-7-4-9-17(11-13)16(19)15-14(8-10-20-15)12-5-2-1-3-6-12/h1-3,5-6,8,10,13,18H,4,7,9,11H2. The predicted octanol–water partition coefficient (Wildman–Crippen LogP) is 3.01. The number of carbonyl (C=O) groups is 1. The molecule has 3 nitrogen and oxygen atoms in total. The molecular formula is C16H17NO2S. The minimum atomic E-state index is -0.382. The van der Waals surface area contributed by atoms with Crippen LogP contribution in [-0.4, -0.2) is 35.1 Å². The minimum Gasteiger partial charge on any atom is -0.391 e. The molecule has 104 valence electrons. The molecule has 1 atom stereocenters. The number of carbonyl (C=O) groups excluding carboxylic acids is 1. The third-order valence-electron chi connectivity index (χ3n) is 3.63. The molecule has 1 fully saturated rings. The van der Waals surface area contributed by atoms with Crippen molar-refractivity contribution in [1.29, 1.82) is 0 Å². The van der Waals surface area contributed by atoms with E-state index in [0.29, 0.717) is 6.54 Å². The van der Waals surface area contributed by atoms with Crippen molar-refractivity contribution >= 4 is 17.2 Å². The van der Waals surface area contributed by atoms with E-state index in [1.165, 1.54) is 11.3 Å². The third kappa shape index (κ3) is 2.62. The third-order valence-corrected chi connectivity index (χ3v) is 4.53. The van der Waals surface area contributed by atoms with Gasteiger partial charge in [-0.15, -0.1) is 11.3 Å². The van der Waals surface area contributed by atoms with Crippen LogP contribution in [-0.2, 0) is 0 Å². The number of aliphatic hydroxyl groups is 1. The summed E-state index contributed by atoms with van der Waals surface area (Å²) in [6, 6.07) is 12.0. The van der Waals surface area contributed by atoms with Gasteiger partial charge in [0.15, 0.2) is 0 Å². The van der Waals surface area contributed by atoms with Crippen molar-refractivity contribution in [3.8, 4) is 11.1 Å². The Bertz CT molecular complexity index is 594. The molecule has 20 heavy (non-hydrogen) atoms. The number of amides is 1. The first-order chi connectivity index (χ1) is 9.75. The fourth-order valence-electron chi connectivity index (χ4n) is 2.60. The monoisotopic (exact) mass is 287 g/mol. The first-order valence-corrected chi connectivity index (χ1v) is 7.74. The van der Waals surface area contributed by atoms with E-state index in [-0.39, 0.29) is 12.0 Å². The van der Waals surface area contributed by atoms with E-state index in [1.54, 1.807) is 4.90 Å². The molecule has 1 N–H and O–H groups in total. The Labute approximate surface area is 122 Å². The van der Waals surface area contributed by atoms with Gasteiger partial charge in [-0.25, -0.2) is 0 Å². The van der Waals surface area contributed by atoms with Gasteiger partial charge in [-0.1, -0.05) is 30.3 Å². The number of β-amino-alcohol motifs (C(OH)–C–C–N with tert-alkyl or cyclic N) is 1. The van der Waals surface area contributed by atoms with Crippen LogP contribution in [0.3, 0.4) is 0 Å². The van der Waals surface area contributed by atoms with E-state index in [1.807, 2.05) is 41.8 Å². The summed E-state index contributed by atoms with van der Waals surface area (Å²) in [5, 5.41) is 11.7. The molecule has 1 amide bonds. The Morgan fingerprint density at radius 1 is 1.25 bits per heavy atom. The second kappa shape index (κ2) is 5.77. The molecule has 1 saturated heterocycles. The molecule has 3 rings (SSSR count). The van der Waals surface area contributed by atoms with Gasteiger partial charge >= 0.3 is 0 Å². The number of benzene rings is 1. The quantitative estimate of drug-likeness (QED) is 0.922. The van der Waals surface area contributed by atoms with Crippen LogP contribution in [0, 0.1) is 0 Å². The lowest BCUT2D eigenvalue weighted by atomic mass is 10.0. The van der Waals surface area contributed by atoms with Crippen LogP contribution in [0.2, 0.25) is 0 Å². The van der Waals surface area contributed by atoms with Gasteiger partial charge in [0.1, 0.15) is 0 Å². The van der Waals surface area contributed by atoms with Crippen molar-refractivity contribution in [1.82, 2.24) is 4.90 Å². The summed E-state index contributed by atoms with van der Waals surface area (Å²) < 4.78 is 0. The zero-order valence-corrected chi connectivity index (χ0v) is 12.0. The van der Waals surface area contributed by atoms with E-state index in [0.717, 1.165) is 35.4 Å². The van der Waals surface area contributed by atoms with E-state index < -0.39 is 0 Å². The minimum absolute atomic E-state index is 0.0394. The van der Waals surface area contributed by atoms with Crippen molar-refractivity contribution in [3.63, 3.8) is 0 Å². The van der Waals surface area contributed by atoms with Gasteiger partial charge in [-0.2, -0.15) is 0 Å². The van der Waals surface area contributed by atoms with Gasteiger partial charge in [0, 0.05) is 18.7 Å². The van der Waals surface area contributed by atoms with Crippen molar-refractivity contribution in [2.45, 2.75) is 18.9 Å². The highest BCUT2D eigenvalue weighted by Gasteiger charge is 2.25. The predicted molar refractivity (Wildman–Crippen MR) is 80.9 cm³/mol. The Hall–Kier alpha value is -1.65. The summed E-state index contributed by atoms with van der Waals surface area (Å²) in [6.07, 6.45) is 1.28. The molecule has 2 aromatic rings. The van der Waals surface area contributed by atoms with Crippen LogP contribution in [0.4, 0.5) is 0 Å². The number of piperidine rings is 1. The van der Waals surface area contributed by atoms with Gasteiger partial charge in [0.05, 0.1) is 11.0 Å². The lowest BCUT2D eigenvalue weighted by Gasteiger charge is -2.30. The molecule has 1 unspecified atom stereocenters. The molecule has 0 radical (unpaired) electrons. The lowest BCUT2D eigenvalue weighted by molar-refractivity contribution is 0.0478. The van der Waals surface area contributed by atoms with Crippen molar-refractivity contribution in [2.24, 2.45) is 0 Å². The fraction of sp³-hybridized carbons (Fsp3) is 0.312. The molecule has 2 heterocycles. The molecule has 4 heteroatoms. The van der Waals surface area contributed by atoms with Crippen LogP contribution < -0.4 is 0 Å². The Balaban J connectivity index is 1.88. The summed E-state index contributed by atoms with van der Waals surface area (Å²) >= 11 is 1.47. The van der Waals surface area contributed by atoms with Crippen molar-refractivity contribution in [3.05, 3.63) is 46.7 Å². The van der Waals surface area contributed by atoms with Gasteiger partial charge < -0.3 is 10.0 Å². The summed E-state index contributed by atoms with van der Waals surface area (Å²) in [6.45, 7) is 1.19. The van der Waals surface area contributed by atoms with E-state index in [4.69, 9.17) is 0 Å². The van der Waals surface area contributed by atoms with Gasteiger partial charge in [0.2, 0.25) is 0 Å². The van der Waals surface area contributed by atoms with Crippen LogP contribution in [0.25, 0.3) is 11.1 Å². The number of thiophene rings is 1. The molecule has 0 spiro atoms. The second-order valence-electron chi connectivity index (χ2n) is 5.08. The van der Waals surface area contributed by atoms with Crippen LogP contribution >= 0.6 is 11.3 Å². The zero-order chi connectivity index (χ0) is 13.9. The lowest BCUT2D eigenvalue weighted by Crippen LogP contribution is -2.42. The topological polar surface area (TPSA) is 40.5 Å². The normalized spacial score (nSPS) is 19.1. The van der Waals surface area contributed by atoms with Crippen molar-refractivity contribution in [2.75, 3.05) is 13.1 Å². The number of hydrogen-bond donors (Lipinski definition) is 1.